The molecular formula is C16H11Cl2F3S. The van der Waals surface area contributed by atoms with Gasteiger partial charge in [-0.25, -0.2) is 0 Å². The summed E-state index contributed by atoms with van der Waals surface area (Å²) in [6.07, 6.45) is -4.46. The Balaban J connectivity index is 2.43. The number of benzene rings is 2. The molecule has 22 heavy (non-hydrogen) atoms. The molecule has 116 valence electrons. The van der Waals surface area contributed by atoms with Crippen LogP contribution in [0.5, 0.6) is 0 Å². The quantitative estimate of drug-likeness (QED) is 0.529. The molecule has 0 radical (unpaired) electrons. The highest BCUT2D eigenvalue weighted by molar-refractivity contribution is 8.02. The molecule has 0 aliphatic heterocycles. The van der Waals surface area contributed by atoms with Crippen LogP contribution in [-0.4, -0.2) is 6.18 Å². The summed E-state index contributed by atoms with van der Waals surface area (Å²) in [4.78, 5) is 0.403. The lowest BCUT2D eigenvalue weighted by molar-refractivity contribution is -0.0687. The van der Waals surface area contributed by atoms with Crippen LogP contribution >= 0.6 is 35.0 Å². The highest BCUT2D eigenvalue weighted by atomic mass is 35.5. The molecular weight excluding hydrogens is 352 g/mol. The van der Waals surface area contributed by atoms with Crippen molar-refractivity contribution in [3.05, 3.63) is 69.0 Å². The summed E-state index contributed by atoms with van der Waals surface area (Å²) >= 11 is 12.8. The minimum atomic E-state index is -4.46. The molecule has 0 atom stereocenters. The number of thioether (sulfide) groups is 1. The molecule has 0 fully saturated rings. The Hall–Kier alpha value is -1.10. The Morgan fingerprint density at radius 3 is 2.18 bits per heavy atom. The molecule has 0 heterocycles. The molecule has 0 N–H and O–H groups in total. The summed E-state index contributed by atoms with van der Waals surface area (Å²) in [7, 11) is 0. The van der Waals surface area contributed by atoms with E-state index < -0.39 is 11.7 Å². The summed E-state index contributed by atoms with van der Waals surface area (Å²) in [5.74, 6) is 0. The predicted molar refractivity (Wildman–Crippen MR) is 87.5 cm³/mol. The first-order chi connectivity index (χ1) is 10.3. The lowest BCUT2D eigenvalue weighted by Crippen LogP contribution is -2.10. The zero-order valence-corrected chi connectivity index (χ0v) is 13.7. The van der Waals surface area contributed by atoms with Crippen molar-refractivity contribution in [3.8, 4) is 0 Å². The minimum Gasteiger partial charge on any atom is -0.166 e. The van der Waals surface area contributed by atoms with Gasteiger partial charge in [0, 0.05) is 4.90 Å². The van der Waals surface area contributed by atoms with E-state index in [0.717, 1.165) is 22.7 Å². The van der Waals surface area contributed by atoms with Crippen molar-refractivity contribution in [2.75, 3.05) is 0 Å². The van der Waals surface area contributed by atoms with Crippen LogP contribution in [0.25, 0.3) is 5.57 Å². The van der Waals surface area contributed by atoms with E-state index in [1.807, 2.05) is 0 Å². The summed E-state index contributed by atoms with van der Waals surface area (Å²) in [6, 6.07) is 11.1. The molecule has 0 bridgehead atoms. The molecule has 2 aromatic rings. The van der Waals surface area contributed by atoms with Crippen molar-refractivity contribution < 1.29 is 13.2 Å². The fourth-order valence-electron chi connectivity index (χ4n) is 1.82. The standard InChI is InChI=1S/C16H11Cl2F3S/c1-10-4-2-5-11(8-10)12(16(19,20)21)9-22-15-13(17)6-3-7-14(15)18/h2-9H,1H3/b12-9+. The normalized spacial score (nSPS) is 12.5. The van der Waals surface area contributed by atoms with E-state index in [1.165, 1.54) is 12.1 Å². The molecule has 0 spiro atoms. The molecule has 0 aliphatic rings. The van der Waals surface area contributed by atoms with Crippen LogP contribution in [0.2, 0.25) is 10.0 Å². The van der Waals surface area contributed by atoms with Crippen LogP contribution < -0.4 is 0 Å². The summed E-state index contributed by atoms with van der Waals surface area (Å²) < 4.78 is 39.9. The van der Waals surface area contributed by atoms with Gasteiger partial charge in [-0.3, -0.25) is 0 Å². The summed E-state index contributed by atoms with van der Waals surface area (Å²) in [5.41, 5.74) is 0.147. The second kappa shape index (κ2) is 6.99. The Morgan fingerprint density at radius 2 is 1.64 bits per heavy atom. The average molecular weight is 363 g/mol. The lowest BCUT2D eigenvalue weighted by Gasteiger charge is -2.13. The number of halogens is 5. The van der Waals surface area contributed by atoms with Gasteiger partial charge in [0.2, 0.25) is 0 Å². The maximum Gasteiger partial charge on any atom is 0.417 e. The maximum absolute atomic E-state index is 13.3. The Labute approximate surface area is 140 Å². The van der Waals surface area contributed by atoms with Gasteiger partial charge in [-0.05, 0) is 30.0 Å². The number of hydrogen-bond donors (Lipinski definition) is 0. The Morgan fingerprint density at radius 1 is 1.05 bits per heavy atom. The first kappa shape index (κ1) is 17.3. The van der Waals surface area contributed by atoms with Gasteiger partial charge in [-0.2, -0.15) is 13.2 Å². The Bertz CT molecular complexity index is 689. The third kappa shape index (κ3) is 4.22. The van der Waals surface area contributed by atoms with E-state index in [-0.39, 0.29) is 5.56 Å². The monoisotopic (exact) mass is 362 g/mol. The van der Waals surface area contributed by atoms with Gasteiger partial charge >= 0.3 is 6.18 Å². The van der Waals surface area contributed by atoms with Crippen molar-refractivity contribution in [3.63, 3.8) is 0 Å². The summed E-state index contributed by atoms with van der Waals surface area (Å²) in [6.45, 7) is 1.75. The van der Waals surface area contributed by atoms with E-state index in [9.17, 15) is 13.2 Å². The minimum absolute atomic E-state index is 0.114. The molecule has 6 heteroatoms. The molecule has 0 aliphatic carbocycles. The first-order valence-electron chi connectivity index (χ1n) is 6.24. The third-order valence-electron chi connectivity index (χ3n) is 2.85. The van der Waals surface area contributed by atoms with Gasteiger partial charge in [0.1, 0.15) is 0 Å². The van der Waals surface area contributed by atoms with Gasteiger partial charge in [0.15, 0.2) is 0 Å². The summed E-state index contributed by atoms with van der Waals surface area (Å²) in [5, 5.41) is 1.68. The van der Waals surface area contributed by atoms with Crippen LogP contribution in [-0.2, 0) is 0 Å². The highest BCUT2D eigenvalue weighted by Gasteiger charge is 2.34. The van der Waals surface area contributed by atoms with Gasteiger partial charge in [-0.15, -0.1) is 0 Å². The highest BCUT2D eigenvalue weighted by Crippen LogP contribution is 2.40. The smallest absolute Gasteiger partial charge is 0.166 e. The van der Waals surface area contributed by atoms with Crippen LogP contribution in [0.3, 0.4) is 0 Å². The lowest BCUT2D eigenvalue weighted by atomic mass is 10.1. The number of allylic oxidation sites excluding steroid dienone is 1. The van der Waals surface area contributed by atoms with Crippen LogP contribution in [0.1, 0.15) is 11.1 Å². The second-order valence-corrected chi connectivity index (χ2v) is 6.26. The molecule has 0 aromatic heterocycles. The van der Waals surface area contributed by atoms with Crippen molar-refractivity contribution in [1.29, 1.82) is 0 Å². The van der Waals surface area contributed by atoms with Crippen molar-refractivity contribution >= 4 is 40.5 Å². The number of aryl methyl sites for hydroxylation is 1. The largest absolute Gasteiger partial charge is 0.417 e. The van der Waals surface area contributed by atoms with Crippen LogP contribution in [0, 0.1) is 6.92 Å². The van der Waals surface area contributed by atoms with E-state index in [2.05, 4.69) is 0 Å². The van der Waals surface area contributed by atoms with E-state index >= 15 is 0 Å². The molecule has 2 rings (SSSR count). The number of hydrogen-bond acceptors (Lipinski definition) is 1. The topological polar surface area (TPSA) is 0 Å². The number of rotatable bonds is 3. The fourth-order valence-corrected chi connectivity index (χ4v) is 3.36. The molecule has 0 unspecified atom stereocenters. The van der Waals surface area contributed by atoms with Crippen LogP contribution in [0.4, 0.5) is 13.2 Å². The van der Waals surface area contributed by atoms with E-state index in [1.54, 1.807) is 37.3 Å². The molecule has 0 saturated carbocycles. The third-order valence-corrected chi connectivity index (χ3v) is 4.73. The number of alkyl halides is 3. The molecule has 0 saturated heterocycles. The Kier molecular flexibility index (Phi) is 5.48. The van der Waals surface area contributed by atoms with E-state index in [0.29, 0.717) is 14.9 Å². The fraction of sp³-hybridized carbons (Fsp3) is 0.125. The SMILES string of the molecule is Cc1cccc(/C(=C\Sc2c(Cl)cccc2Cl)C(F)(F)F)c1. The zero-order valence-electron chi connectivity index (χ0n) is 11.4. The second-order valence-electron chi connectivity index (χ2n) is 4.57. The van der Waals surface area contributed by atoms with Crippen molar-refractivity contribution in [2.24, 2.45) is 0 Å². The van der Waals surface area contributed by atoms with Crippen LogP contribution in [0.15, 0.2) is 52.8 Å². The molecule has 0 nitrogen and oxygen atoms in total. The maximum atomic E-state index is 13.3. The van der Waals surface area contributed by atoms with Crippen molar-refractivity contribution in [2.45, 2.75) is 18.0 Å². The molecule has 0 amide bonds. The first-order valence-corrected chi connectivity index (χ1v) is 7.87. The molecule has 2 aromatic carbocycles. The van der Waals surface area contributed by atoms with Gasteiger partial charge < -0.3 is 0 Å². The zero-order chi connectivity index (χ0) is 16.3. The average Bonchev–Trinajstić information content (AvgIpc) is 2.40. The van der Waals surface area contributed by atoms with E-state index in [4.69, 9.17) is 23.2 Å². The van der Waals surface area contributed by atoms with Gasteiger partial charge in [-0.1, -0.05) is 70.9 Å². The predicted octanol–water partition coefficient (Wildman–Crippen LogP) is 7.00. The van der Waals surface area contributed by atoms with Crippen molar-refractivity contribution in [1.82, 2.24) is 0 Å². The van der Waals surface area contributed by atoms with Gasteiger partial charge in [0.05, 0.1) is 15.6 Å². The van der Waals surface area contributed by atoms with Gasteiger partial charge in [0.25, 0.3) is 0 Å².